The molecular weight excluding hydrogens is 457 g/mol. The molecule has 1 aromatic carbocycles. The fourth-order valence-electron chi connectivity index (χ4n) is 3.53. The second-order valence-electron chi connectivity index (χ2n) is 8.35. The molecule has 0 bridgehead atoms. The molecule has 3 N–H and O–H groups in total. The Bertz CT molecular complexity index is 1070. The van der Waals surface area contributed by atoms with Gasteiger partial charge < -0.3 is 19.9 Å². The van der Waals surface area contributed by atoms with E-state index >= 15 is 0 Å². The van der Waals surface area contributed by atoms with Crippen LogP contribution >= 0.6 is 11.6 Å². The van der Waals surface area contributed by atoms with Crippen LogP contribution in [0.4, 0.5) is 4.39 Å². The Morgan fingerprint density at radius 2 is 2.03 bits per heavy atom. The fourth-order valence-corrected chi connectivity index (χ4v) is 3.66. The zero-order valence-corrected chi connectivity index (χ0v) is 19.1. The number of carbonyl (C=O) groups excluding carboxylic acids is 1. The summed E-state index contributed by atoms with van der Waals surface area (Å²) in [6, 6.07) is 6.29. The molecule has 0 saturated carbocycles. The number of benzene rings is 1. The van der Waals surface area contributed by atoms with Gasteiger partial charge in [0.25, 0.3) is 5.56 Å². The van der Waals surface area contributed by atoms with Crippen LogP contribution in [0.25, 0.3) is 0 Å². The molecule has 1 aromatic heterocycles. The lowest BCUT2D eigenvalue weighted by atomic mass is 10.1. The predicted molar refractivity (Wildman–Crippen MR) is 118 cm³/mol. The first-order valence-electron chi connectivity index (χ1n) is 10.6. The minimum Gasteiger partial charge on any atom is -0.462 e. The Hall–Kier alpha value is -2.53. The molecule has 33 heavy (non-hydrogen) atoms. The molecule has 11 heteroatoms. The molecule has 1 saturated heterocycles. The Kier molecular flexibility index (Phi) is 8.41. The largest absolute Gasteiger partial charge is 0.462 e. The summed E-state index contributed by atoms with van der Waals surface area (Å²) < 4.78 is 31.9. The number of ether oxygens (including phenoxy) is 3. The summed E-state index contributed by atoms with van der Waals surface area (Å²) in [5.41, 5.74) is 4.79. The number of esters is 1. The minimum atomic E-state index is -1.12. The molecule has 0 radical (unpaired) electrons. The lowest BCUT2D eigenvalue weighted by Gasteiger charge is -2.20. The maximum absolute atomic E-state index is 13.8. The highest BCUT2D eigenvalue weighted by Gasteiger charge is 2.39. The molecule has 0 unspecified atom stereocenters. The summed E-state index contributed by atoms with van der Waals surface area (Å²) in [5, 5.41) is 0.588. The van der Waals surface area contributed by atoms with Crippen LogP contribution < -0.4 is 17.0 Å². The van der Waals surface area contributed by atoms with E-state index < -0.39 is 47.5 Å². The van der Waals surface area contributed by atoms with Crippen LogP contribution in [0.5, 0.6) is 0 Å². The first-order chi connectivity index (χ1) is 15.6. The number of nitrogens with zero attached hydrogens (tertiary/aromatic N) is 1. The molecule has 3 rings (SSSR count). The average molecular weight is 484 g/mol. The van der Waals surface area contributed by atoms with Gasteiger partial charge in [-0.25, -0.2) is 4.79 Å². The van der Waals surface area contributed by atoms with Gasteiger partial charge in [0.2, 0.25) is 5.82 Å². The van der Waals surface area contributed by atoms with E-state index in [1.54, 1.807) is 24.3 Å². The van der Waals surface area contributed by atoms with Gasteiger partial charge in [-0.2, -0.15) is 4.39 Å². The quantitative estimate of drug-likeness (QED) is 0.523. The molecule has 0 spiro atoms. The average Bonchev–Trinajstić information content (AvgIpc) is 3.16. The predicted octanol–water partition coefficient (Wildman–Crippen LogP) is 2.12. The van der Waals surface area contributed by atoms with Crippen molar-refractivity contribution in [3.8, 4) is 0 Å². The minimum absolute atomic E-state index is 0.160. The molecule has 9 nitrogen and oxygen atoms in total. The Balaban J connectivity index is 1.72. The number of hydrogen-bond donors (Lipinski definition) is 2. The third-order valence-corrected chi connectivity index (χ3v) is 5.46. The summed E-state index contributed by atoms with van der Waals surface area (Å²) >= 11 is 5.91. The molecule has 1 aliphatic heterocycles. The van der Waals surface area contributed by atoms with E-state index in [1.165, 1.54) is 0 Å². The van der Waals surface area contributed by atoms with Crippen molar-refractivity contribution in [2.75, 3.05) is 6.61 Å². The van der Waals surface area contributed by atoms with Crippen molar-refractivity contribution in [1.82, 2.24) is 9.55 Å². The topological polar surface area (TPSA) is 126 Å². The molecule has 0 aliphatic carbocycles. The van der Waals surface area contributed by atoms with Crippen molar-refractivity contribution in [2.24, 2.45) is 11.7 Å². The van der Waals surface area contributed by atoms with E-state index in [0.717, 1.165) is 16.3 Å². The maximum Gasteiger partial charge on any atom is 0.330 e. The number of carbonyl (C=O) groups is 1. The molecule has 1 fully saturated rings. The highest BCUT2D eigenvalue weighted by atomic mass is 35.5. The zero-order chi connectivity index (χ0) is 24.1. The number of aromatic nitrogens is 2. The Labute approximate surface area is 194 Å². The van der Waals surface area contributed by atoms with Gasteiger partial charge in [-0.3, -0.25) is 19.1 Å². The van der Waals surface area contributed by atoms with Gasteiger partial charge in [0.1, 0.15) is 25.0 Å². The van der Waals surface area contributed by atoms with Gasteiger partial charge in [0.15, 0.2) is 0 Å². The maximum atomic E-state index is 13.8. The summed E-state index contributed by atoms with van der Waals surface area (Å²) in [7, 11) is 0. The normalized spacial score (nSPS) is 21.3. The van der Waals surface area contributed by atoms with Gasteiger partial charge in [0.05, 0.1) is 18.9 Å². The van der Waals surface area contributed by atoms with Crippen LogP contribution in [-0.2, 0) is 25.6 Å². The summed E-state index contributed by atoms with van der Waals surface area (Å²) in [6.45, 7) is 3.94. The lowest BCUT2D eigenvalue weighted by Crippen LogP contribution is -2.37. The lowest BCUT2D eigenvalue weighted by molar-refractivity contribution is -0.153. The second kappa shape index (κ2) is 11.1. The summed E-state index contributed by atoms with van der Waals surface area (Å²) in [5.74, 6) is -1.47. The van der Waals surface area contributed by atoms with Crippen molar-refractivity contribution in [1.29, 1.82) is 0 Å². The highest BCUT2D eigenvalue weighted by molar-refractivity contribution is 6.30. The van der Waals surface area contributed by atoms with E-state index in [0.29, 0.717) is 11.4 Å². The number of nitrogens with one attached hydrogen (secondary N) is 1. The van der Waals surface area contributed by atoms with Crippen LogP contribution in [0.15, 0.2) is 40.1 Å². The van der Waals surface area contributed by atoms with Gasteiger partial charge >= 0.3 is 11.7 Å². The SMILES string of the molecule is CC(C)C[C@H](N)C(=O)OC[C@H]1O[C@@H](n2cc(F)c(=O)[nH]c2=O)C[C@@H]1OCc1ccc(Cl)cc1. The molecule has 0 amide bonds. The third kappa shape index (κ3) is 6.73. The molecular formula is C22H27ClFN3O6. The standard InChI is InChI=1S/C22H27ClFN3O6/c1-12(2)7-16(25)21(29)32-11-18-17(31-10-13-3-5-14(23)6-4-13)8-19(33-18)27-9-15(24)20(28)26-22(27)30/h3-6,9,12,16-19H,7-8,10-11,25H2,1-2H3,(H,26,28,30)/t16-,17-,18+,19+/m0/s1. The van der Waals surface area contributed by atoms with Crippen LogP contribution in [0.1, 0.15) is 38.5 Å². The summed E-state index contributed by atoms with van der Waals surface area (Å²) in [6.07, 6.45) is -0.822. The van der Waals surface area contributed by atoms with Gasteiger partial charge in [0, 0.05) is 11.4 Å². The number of rotatable bonds is 9. The van der Waals surface area contributed by atoms with E-state index in [9.17, 15) is 18.8 Å². The van der Waals surface area contributed by atoms with Crippen LogP contribution in [0.3, 0.4) is 0 Å². The number of hydrogen-bond acceptors (Lipinski definition) is 7. The van der Waals surface area contributed by atoms with Gasteiger partial charge in [-0.1, -0.05) is 37.6 Å². The molecule has 4 atom stereocenters. The van der Waals surface area contributed by atoms with Gasteiger partial charge in [-0.05, 0) is 30.0 Å². The second-order valence-corrected chi connectivity index (χ2v) is 8.79. The molecule has 1 aliphatic rings. The first kappa shape index (κ1) is 25.1. The van der Waals surface area contributed by atoms with Gasteiger partial charge in [-0.15, -0.1) is 0 Å². The van der Waals surface area contributed by atoms with E-state index in [1.807, 2.05) is 18.8 Å². The summed E-state index contributed by atoms with van der Waals surface area (Å²) in [4.78, 5) is 37.7. The number of H-pyrrole nitrogens is 1. The molecule has 180 valence electrons. The number of nitrogens with two attached hydrogens (primary N) is 1. The number of aromatic amines is 1. The van der Waals surface area contributed by atoms with Crippen molar-refractivity contribution in [3.05, 3.63) is 67.7 Å². The molecule has 2 aromatic rings. The van der Waals surface area contributed by atoms with Crippen molar-refractivity contribution < 1.29 is 23.4 Å². The van der Waals surface area contributed by atoms with Crippen LogP contribution in [0.2, 0.25) is 5.02 Å². The van der Waals surface area contributed by atoms with E-state index in [4.69, 9.17) is 31.5 Å². The van der Waals surface area contributed by atoms with E-state index in [-0.39, 0.29) is 25.6 Å². The Morgan fingerprint density at radius 3 is 2.70 bits per heavy atom. The smallest absolute Gasteiger partial charge is 0.330 e. The first-order valence-corrected chi connectivity index (χ1v) is 11.0. The Morgan fingerprint density at radius 1 is 1.33 bits per heavy atom. The van der Waals surface area contributed by atoms with E-state index in [2.05, 4.69) is 0 Å². The van der Waals surface area contributed by atoms with Crippen LogP contribution in [0, 0.1) is 11.7 Å². The van der Waals surface area contributed by atoms with Crippen LogP contribution in [-0.4, -0.2) is 40.4 Å². The highest BCUT2D eigenvalue weighted by Crippen LogP contribution is 2.31. The third-order valence-electron chi connectivity index (χ3n) is 5.21. The van der Waals surface area contributed by atoms with Crippen molar-refractivity contribution in [2.45, 2.75) is 57.8 Å². The molecule has 2 heterocycles. The zero-order valence-electron chi connectivity index (χ0n) is 18.3. The monoisotopic (exact) mass is 483 g/mol. The van der Waals surface area contributed by atoms with Crippen molar-refractivity contribution >= 4 is 17.6 Å². The number of halogens is 2. The van der Waals surface area contributed by atoms with Crippen molar-refractivity contribution in [3.63, 3.8) is 0 Å². The fraction of sp³-hybridized carbons (Fsp3) is 0.500.